The van der Waals surface area contributed by atoms with Crippen molar-refractivity contribution in [3.8, 4) is 0 Å². The van der Waals surface area contributed by atoms with Crippen molar-refractivity contribution in [1.29, 1.82) is 0 Å². The molecule has 1 aromatic heterocycles. The van der Waals surface area contributed by atoms with Crippen molar-refractivity contribution >= 4 is 21.8 Å². The first-order valence-electron chi connectivity index (χ1n) is 8.62. The molecule has 0 N–H and O–H groups in total. The quantitative estimate of drug-likeness (QED) is 0.742. The average Bonchev–Trinajstić information content (AvgIpc) is 3.15. The zero-order valence-corrected chi connectivity index (χ0v) is 15.1. The van der Waals surface area contributed by atoms with Crippen molar-refractivity contribution in [1.82, 2.24) is 14.4 Å². The molecule has 8 nitrogen and oxygen atoms in total. The monoisotopic (exact) mass is 367 g/mol. The molecule has 3 aliphatic heterocycles. The highest BCUT2D eigenvalue weighted by atomic mass is 32.2. The Kier molecular flexibility index (Phi) is 3.77. The van der Waals surface area contributed by atoms with Crippen LogP contribution in [0.25, 0.3) is 0 Å². The number of nitrogens with zero attached hydrogens (tertiary/aromatic N) is 3. The summed E-state index contributed by atoms with van der Waals surface area (Å²) >= 11 is 0. The average molecular weight is 367 g/mol. The van der Waals surface area contributed by atoms with Gasteiger partial charge in [-0.3, -0.25) is 14.5 Å². The van der Waals surface area contributed by atoms with Crippen molar-refractivity contribution in [2.75, 3.05) is 0 Å². The SMILES string of the molecule is Cc1noc(C)c1S(=O)(=O)N1C2CCC1CC(N1C(=O)CCC1=O)C2. The standard InChI is InChI=1S/C16H21N3O5S/c1-9-16(10(2)24-17-9)25(22,23)19-11-3-4-12(19)8-13(7-11)18-14(20)5-6-15(18)21/h11-13H,3-8H2,1-2H3. The van der Waals surface area contributed by atoms with E-state index in [1.54, 1.807) is 18.2 Å². The molecule has 0 saturated carbocycles. The molecular weight excluding hydrogens is 346 g/mol. The molecule has 3 aliphatic rings. The number of aryl methyl sites for hydroxylation is 2. The minimum atomic E-state index is -3.70. The predicted molar refractivity (Wildman–Crippen MR) is 85.9 cm³/mol. The lowest BCUT2D eigenvalue weighted by molar-refractivity contribution is -0.142. The Morgan fingerprint density at radius 3 is 2.04 bits per heavy atom. The van der Waals surface area contributed by atoms with E-state index in [2.05, 4.69) is 5.16 Å². The third-order valence-electron chi connectivity index (χ3n) is 5.60. The van der Waals surface area contributed by atoms with Crippen LogP contribution in [0.3, 0.4) is 0 Å². The maximum absolute atomic E-state index is 13.2. The zero-order chi connectivity index (χ0) is 17.9. The predicted octanol–water partition coefficient (Wildman–Crippen LogP) is 1.12. The number of carbonyl (C=O) groups is 2. The van der Waals surface area contributed by atoms with Gasteiger partial charge in [-0.05, 0) is 39.5 Å². The summed E-state index contributed by atoms with van der Waals surface area (Å²) in [5.41, 5.74) is 0.365. The van der Waals surface area contributed by atoms with Crippen LogP contribution < -0.4 is 0 Å². The van der Waals surface area contributed by atoms with E-state index in [9.17, 15) is 18.0 Å². The number of piperidine rings is 1. The van der Waals surface area contributed by atoms with Gasteiger partial charge in [0.15, 0.2) is 5.76 Å². The molecule has 2 unspecified atom stereocenters. The topological polar surface area (TPSA) is 101 Å². The first-order chi connectivity index (χ1) is 11.8. The van der Waals surface area contributed by atoms with Gasteiger partial charge in [0, 0.05) is 31.0 Å². The molecule has 4 heterocycles. The number of amides is 2. The third kappa shape index (κ3) is 2.43. The molecule has 0 aliphatic carbocycles. The summed E-state index contributed by atoms with van der Waals surface area (Å²) in [4.78, 5) is 25.6. The number of hydrogen-bond donors (Lipinski definition) is 0. The van der Waals surface area contributed by atoms with Crippen LogP contribution in [-0.2, 0) is 19.6 Å². The van der Waals surface area contributed by atoms with Gasteiger partial charge in [-0.2, -0.15) is 4.31 Å². The van der Waals surface area contributed by atoms with Gasteiger partial charge in [-0.25, -0.2) is 8.42 Å². The Balaban J connectivity index is 1.63. The van der Waals surface area contributed by atoms with Crippen LogP contribution in [-0.4, -0.2) is 52.7 Å². The number of fused-ring (bicyclic) bond motifs is 2. The lowest BCUT2D eigenvalue weighted by atomic mass is 9.98. The molecule has 136 valence electrons. The van der Waals surface area contributed by atoms with Crippen LogP contribution in [0.15, 0.2) is 9.42 Å². The summed E-state index contributed by atoms with van der Waals surface area (Å²) in [5, 5.41) is 3.77. The van der Waals surface area contributed by atoms with E-state index < -0.39 is 10.0 Å². The second kappa shape index (κ2) is 5.63. The number of likely N-dealkylation sites (tertiary alicyclic amines) is 1. The lowest BCUT2D eigenvalue weighted by Crippen LogP contribution is -2.53. The molecular formula is C16H21N3O5S. The van der Waals surface area contributed by atoms with Crippen LogP contribution in [0.1, 0.15) is 50.0 Å². The lowest BCUT2D eigenvalue weighted by Gasteiger charge is -2.40. The van der Waals surface area contributed by atoms with Gasteiger partial charge < -0.3 is 4.52 Å². The maximum atomic E-state index is 13.2. The molecule has 0 spiro atoms. The number of aromatic nitrogens is 1. The van der Waals surface area contributed by atoms with Crippen LogP contribution in [0, 0.1) is 13.8 Å². The highest BCUT2D eigenvalue weighted by Crippen LogP contribution is 2.42. The number of hydrogen-bond acceptors (Lipinski definition) is 6. The fraction of sp³-hybridized carbons (Fsp3) is 0.688. The minimum Gasteiger partial charge on any atom is -0.360 e. The van der Waals surface area contributed by atoms with Crippen molar-refractivity contribution in [2.24, 2.45) is 0 Å². The Hall–Kier alpha value is -1.74. The van der Waals surface area contributed by atoms with Gasteiger partial charge in [-0.1, -0.05) is 5.16 Å². The van der Waals surface area contributed by atoms with Crippen LogP contribution in [0.5, 0.6) is 0 Å². The summed E-state index contributed by atoms with van der Waals surface area (Å²) in [6.45, 7) is 3.22. The molecule has 2 bridgehead atoms. The Bertz CT molecular complexity index is 796. The number of sulfonamides is 1. The van der Waals surface area contributed by atoms with Gasteiger partial charge in [0.25, 0.3) is 0 Å². The molecule has 0 radical (unpaired) electrons. The van der Waals surface area contributed by atoms with Crippen LogP contribution in [0.2, 0.25) is 0 Å². The summed E-state index contributed by atoms with van der Waals surface area (Å²) < 4.78 is 33.0. The van der Waals surface area contributed by atoms with Crippen molar-refractivity contribution in [3.63, 3.8) is 0 Å². The normalized spacial score (nSPS) is 30.5. The summed E-state index contributed by atoms with van der Waals surface area (Å²) in [5.74, 6) is 0.0387. The minimum absolute atomic E-state index is 0.128. The van der Waals surface area contributed by atoms with Gasteiger partial charge in [0.1, 0.15) is 10.6 Å². The first kappa shape index (κ1) is 16.7. The first-order valence-corrected chi connectivity index (χ1v) is 10.1. The molecule has 3 fully saturated rings. The largest absolute Gasteiger partial charge is 0.360 e. The van der Waals surface area contributed by atoms with E-state index >= 15 is 0 Å². The molecule has 2 atom stereocenters. The second-order valence-electron chi connectivity index (χ2n) is 7.16. The Labute approximate surface area is 146 Å². The zero-order valence-electron chi connectivity index (χ0n) is 14.3. The van der Waals surface area contributed by atoms with E-state index in [-0.39, 0.29) is 47.7 Å². The molecule has 0 aromatic carbocycles. The van der Waals surface area contributed by atoms with Gasteiger partial charge in [-0.15, -0.1) is 0 Å². The molecule has 9 heteroatoms. The Morgan fingerprint density at radius 2 is 1.56 bits per heavy atom. The van der Waals surface area contributed by atoms with Crippen LogP contribution in [0.4, 0.5) is 0 Å². The number of rotatable bonds is 3. The second-order valence-corrected chi connectivity index (χ2v) is 8.94. The number of carbonyl (C=O) groups excluding carboxylic acids is 2. The third-order valence-corrected chi connectivity index (χ3v) is 7.85. The van der Waals surface area contributed by atoms with E-state index in [1.165, 1.54) is 4.90 Å². The number of imide groups is 1. The van der Waals surface area contributed by atoms with Gasteiger partial charge in [0.05, 0.1) is 0 Å². The van der Waals surface area contributed by atoms with Crippen molar-refractivity contribution in [2.45, 2.75) is 75.4 Å². The molecule has 3 saturated heterocycles. The summed E-state index contributed by atoms with van der Waals surface area (Å²) in [7, 11) is -3.70. The highest BCUT2D eigenvalue weighted by molar-refractivity contribution is 7.89. The van der Waals surface area contributed by atoms with Gasteiger partial charge >= 0.3 is 0 Å². The fourth-order valence-electron chi connectivity index (χ4n) is 4.66. The van der Waals surface area contributed by atoms with E-state index in [0.29, 0.717) is 24.3 Å². The van der Waals surface area contributed by atoms with Crippen LogP contribution >= 0.6 is 0 Å². The van der Waals surface area contributed by atoms with Crippen molar-refractivity contribution < 1.29 is 22.5 Å². The van der Waals surface area contributed by atoms with Crippen molar-refractivity contribution in [3.05, 3.63) is 11.5 Å². The van der Waals surface area contributed by atoms with E-state index in [0.717, 1.165) is 12.8 Å². The molecule has 4 rings (SSSR count). The summed E-state index contributed by atoms with van der Waals surface area (Å²) in [6, 6.07) is -0.566. The molecule has 2 amide bonds. The highest BCUT2D eigenvalue weighted by Gasteiger charge is 2.51. The smallest absolute Gasteiger partial charge is 0.248 e. The fourth-order valence-corrected chi connectivity index (χ4v) is 6.85. The van der Waals surface area contributed by atoms with E-state index in [4.69, 9.17) is 4.52 Å². The summed E-state index contributed by atoms with van der Waals surface area (Å²) in [6.07, 6.45) is 3.06. The van der Waals surface area contributed by atoms with Gasteiger partial charge in [0.2, 0.25) is 21.8 Å². The molecule has 25 heavy (non-hydrogen) atoms. The maximum Gasteiger partial charge on any atom is 0.248 e. The molecule has 1 aromatic rings. The Morgan fingerprint density at radius 1 is 1.00 bits per heavy atom. The van der Waals surface area contributed by atoms with E-state index in [1.807, 2.05) is 0 Å².